The number of benzene rings is 1. The molecule has 0 amide bonds. The molecule has 1 aromatic heterocycles. The second-order valence-electron chi connectivity index (χ2n) is 6.11. The van der Waals surface area contributed by atoms with Crippen LogP contribution in [0.25, 0.3) is 0 Å². The number of sulfonamides is 1. The van der Waals surface area contributed by atoms with Gasteiger partial charge in [-0.05, 0) is 49.7 Å². The molecule has 26 heavy (non-hydrogen) atoms. The Morgan fingerprint density at radius 2 is 1.85 bits per heavy atom. The van der Waals surface area contributed by atoms with Gasteiger partial charge in [0.25, 0.3) is 0 Å². The SMILES string of the molecule is CCNc1ccc(N2CCN(S(=O)(=O)c3ccc(F)cc3C)CC2)nn1. The Balaban J connectivity index is 1.69. The van der Waals surface area contributed by atoms with Crippen LogP contribution in [0.5, 0.6) is 0 Å². The van der Waals surface area contributed by atoms with Crippen LogP contribution in [0.2, 0.25) is 0 Å². The van der Waals surface area contributed by atoms with Crippen LogP contribution in [0.15, 0.2) is 35.2 Å². The standard InChI is InChI=1S/C17H22FN5O2S/c1-3-19-16-6-7-17(21-20-16)22-8-10-23(11-9-22)26(24,25)15-5-4-14(18)12-13(15)2/h4-7,12H,3,8-11H2,1-2H3,(H,19,20). The number of hydrogen-bond acceptors (Lipinski definition) is 6. The van der Waals surface area contributed by atoms with Crippen LogP contribution in [-0.2, 0) is 10.0 Å². The van der Waals surface area contributed by atoms with Crippen molar-refractivity contribution in [3.8, 4) is 0 Å². The third-order valence-corrected chi connectivity index (χ3v) is 6.38. The quantitative estimate of drug-likeness (QED) is 0.854. The van der Waals surface area contributed by atoms with Gasteiger partial charge in [-0.15, -0.1) is 10.2 Å². The summed E-state index contributed by atoms with van der Waals surface area (Å²) in [5.41, 5.74) is 0.414. The number of aryl methyl sites for hydroxylation is 1. The van der Waals surface area contributed by atoms with Gasteiger partial charge < -0.3 is 10.2 Å². The molecule has 1 aromatic carbocycles. The van der Waals surface area contributed by atoms with Gasteiger partial charge in [0.1, 0.15) is 11.6 Å². The lowest BCUT2D eigenvalue weighted by Gasteiger charge is -2.34. The molecule has 9 heteroatoms. The maximum Gasteiger partial charge on any atom is 0.243 e. The van der Waals surface area contributed by atoms with Crippen molar-refractivity contribution in [1.29, 1.82) is 0 Å². The molecule has 1 N–H and O–H groups in total. The van der Waals surface area contributed by atoms with Crippen molar-refractivity contribution >= 4 is 21.7 Å². The lowest BCUT2D eigenvalue weighted by atomic mass is 10.2. The number of aromatic nitrogens is 2. The van der Waals surface area contributed by atoms with Gasteiger partial charge in [-0.1, -0.05) is 0 Å². The smallest absolute Gasteiger partial charge is 0.243 e. The first kappa shape index (κ1) is 18.5. The molecule has 7 nitrogen and oxygen atoms in total. The van der Waals surface area contributed by atoms with Crippen molar-refractivity contribution in [1.82, 2.24) is 14.5 Å². The van der Waals surface area contributed by atoms with Gasteiger partial charge in [-0.2, -0.15) is 4.31 Å². The molecule has 0 radical (unpaired) electrons. The van der Waals surface area contributed by atoms with Crippen LogP contribution in [0, 0.1) is 12.7 Å². The lowest BCUT2D eigenvalue weighted by Crippen LogP contribution is -2.49. The Morgan fingerprint density at radius 1 is 1.12 bits per heavy atom. The number of piperazine rings is 1. The van der Waals surface area contributed by atoms with E-state index in [2.05, 4.69) is 15.5 Å². The third kappa shape index (κ3) is 3.78. The van der Waals surface area contributed by atoms with E-state index in [9.17, 15) is 12.8 Å². The zero-order valence-electron chi connectivity index (χ0n) is 14.8. The molecule has 3 rings (SSSR count). The first-order valence-corrected chi connectivity index (χ1v) is 9.94. The van der Waals surface area contributed by atoms with E-state index < -0.39 is 15.8 Å². The Morgan fingerprint density at radius 3 is 2.42 bits per heavy atom. The summed E-state index contributed by atoms with van der Waals surface area (Å²) >= 11 is 0. The predicted octanol–water partition coefficient (Wildman–Crippen LogP) is 1.87. The van der Waals surface area contributed by atoms with Crippen molar-refractivity contribution in [2.24, 2.45) is 0 Å². The Labute approximate surface area is 152 Å². The summed E-state index contributed by atoms with van der Waals surface area (Å²) in [6.07, 6.45) is 0. The third-order valence-electron chi connectivity index (χ3n) is 4.33. The molecule has 140 valence electrons. The highest BCUT2D eigenvalue weighted by Gasteiger charge is 2.30. The van der Waals surface area contributed by atoms with Crippen LogP contribution in [0.4, 0.5) is 16.0 Å². The molecule has 2 heterocycles. The largest absolute Gasteiger partial charge is 0.369 e. The summed E-state index contributed by atoms with van der Waals surface area (Å²) in [6.45, 7) is 6.09. The van der Waals surface area contributed by atoms with Crippen LogP contribution in [-0.4, -0.2) is 55.6 Å². The molecule has 0 aliphatic carbocycles. The highest BCUT2D eigenvalue weighted by atomic mass is 32.2. The van der Waals surface area contributed by atoms with Gasteiger partial charge in [0.2, 0.25) is 10.0 Å². The van der Waals surface area contributed by atoms with Crippen LogP contribution < -0.4 is 10.2 Å². The second-order valence-corrected chi connectivity index (χ2v) is 8.01. The Bertz CT molecular complexity index is 865. The van der Waals surface area contributed by atoms with E-state index in [0.717, 1.165) is 12.4 Å². The summed E-state index contributed by atoms with van der Waals surface area (Å²) in [6, 6.07) is 7.48. The number of nitrogens with one attached hydrogen (secondary N) is 1. The van der Waals surface area contributed by atoms with Crippen molar-refractivity contribution < 1.29 is 12.8 Å². The predicted molar refractivity (Wildman–Crippen MR) is 98.3 cm³/mol. The van der Waals surface area contributed by atoms with Crippen molar-refractivity contribution in [3.05, 3.63) is 41.7 Å². The van der Waals surface area contributed by atoms with E-state index in [4.69, 9.17) is 0 Å². The molecule has 0 spiro atoms. The number of nitrogens with zero attached hydrogens (tertiary/aromatic N) is 4. The first-order valence-electron chi connectivity index (χ1n) is 8.50. The molecular formula is C17H22FN5O2S. The Hall–Kier alpha value is -2.26. The monoisotopic (exact) mass is 379 g/mol. The van der Waals surface area contributed by atoms with Gasteiger partial charge in [-0.25, -0.2) is 12.8 Å². The van der Waals surface area contributed by atoms with E-state index in [-0.39, 0.29) is 4.90 Å². The molecule has 0 bridgehead atoms. The van der Waals surface area contributed by atoms with E-state index in [1.807, 2.05) is 24.0 Å². The molecule has 2 aromatic rings. The maximum absolute atomic E-state index is 13.3. The van der Waals surface area contributed by atoms with E-state index in [1.54, 1.807) is 6.92 Å². The Kier molecular flexibility index (Phi) is 5.38. The normalized spacial score (nSPS) is 15.9. The highest BCUT2D eigenvalue weighted by molar-refractivity contribution is 7.89. The number of rotatable bonds is 5. The molecule has 1 saturated heterocycles. The fraction of sp³-hybridized carbons (Fsp3) is 0.412. The van der Waals surface area contributed by atoms with Crippen molar-refractivity contribution in [3.63, 3.8) is 0 Å². The second kappa shape index (κ2) is 7.55. The van der Waals surface area contributed by atoms with Crippen molar-refractivity contribution in [2.75, 3.05) is 42.9 Å². The average molecular weight is 379 g/mol. The highest BCUT2D eigenvalue weighted by Crippen LogP contribution is 2.23. The van der Waals surface area contributed by atoms with E-state index in [1.165, 1.54) is 22.5 Å². The number of anilines is 2. The maximum atomic E-state index is 13.3. The minimum atomic E-state index is -3.64. The summed E-state index contributed by atoms with van der Waals surface area (Å²) < 4.78 is 40.4. The molecule has 0 unspecified atom stereocenters. The van der Waals surface area contributed by atoms with Crippen LogP contribution in [0.3, 0.4) is 0 Å². The fourth-order valence-electron chi connectivity index (χ4n) is 2.97. The van der Waals surface area contributed by atoms with Crippen molar-refractivity contribution in [2.45, 2.75) is 18.7 Å². The molecule has 0 atom stereocenters. The lowest BCUT2D eigenvalue weighted by molar-refractivity contribution is 0.383. The summed E-state index contributed by atoms with van der Waals surface area (Å²) in [5, 5.41) is 11.4. The van der Waals surface area contributed by atoms with Gasteiger partial charge in [0, 0.05) is 32.7 Å². The fourth-order valence-corrected chi connectivity index (χ4v) is 4.60. The summed E-state index contributed by atoms with van der Waals surface area (Å²) in [7, 11) is -3.64. The van der Waals surface area contributed by atoms with E-state index in [0.29, 0.717) is 37.6 Å². The molecule has 1 aliphatic heterocycles. The zero-order chi connectivity index (χ0) is 18.7. The van der Waals surface area contributed by atoms with Gasteiger partial charge >= 0.3 is 0 Å². The zero-order valence-corrected chi connectivity index (χ0v) is 15.6. The van der Waals surface area contributed by atoms with Crippen LogP contribution in [0.1, 0.15) is 12.5 Å². The number of hydrogen-bond donors (Lipinski definition) is 1. The van der Waals surface area contributed by atoms with Gasteiger partial charge in [0.15, 0.2) is 5.82 Å². The summed E-state index contributed by atoms with van der Waals surface area (Å²) in [5.74, 6) is 0.997. The topological polar surface area (TPSA) is 78.4 Å². The minimum Gasteiger partial charge on any atom is -0.369 e. The molecule has 1 fully saturated rings. The van der Waals surface area contributed by atoms with Crippen LogP contribution >= 0.6 is 0 Å². The number of halogens is 1. The van der Waals surface area contributed by atoms with Gasteiger partial charge in [-0.3, -0.25) is 0 Å². The molecule has 0 saturated carbocycles. The summed E-state index contributed by atoms with van der Waals surface area (Å²) in [4.78, 5) is 2.16. The average Bonchev–Trinajstić information content (AvgIpc) is 2.62. The van der Waals surface area contributed by atoms with Gasteiger partial charge in [0.05, 0.1) is 4.90 Å². The van der Waals surface area contributed by atoms with E-state index >= 15 is 0 Å². The molecule has 1 aliphatic rings. The molecular weight excluding hydrogens is 357 g/mol. The minimum absolute atomic E-state index is 0.155. The first-order chi connectivity index (χ1) is 12.4.